The second-order valence-corrected chi connectivity index (χ2v) is 7.37. The highest BCUT2D eigenvalue weighted by atomic mass is 32.2. The molecule has 1 saturated heterocycles. The van der Waals surface area contributed by atoms with E-state index in [-0.39, 0.29) is 23.0 Å². The van der Waals surface area contributed by atoms with Crippen LogP contribution in [-0.4, -0.2) is 52.7 Å². The van der Waals surface area contributed by atoms with Gasteiger partial charge in [0, 0.05) is 5.56 Å². The van der Waals surface area contributed by atoms with E-state index < -0.39 is 23.7 Å². The van der Waals surface area contributed by atoms with E-state index >= 15 is 0 Å². The largest absolute Gasteiger partial charge is 0.490 e. The van der Waals surface area contributed by atoms with Crippen LogP contribution in [0, 0.1) is 0 Å². The number of carboxylic acid groups (broad SMARTS) is 1. The maximum Gasteiger partial charge on any atom is 0.341 e. The van der Waals surface area contributed by atoms with Gasteiger partial charge < -0.3 is 14.6 Å². The third-order valence-corrected chi connectivity index (χ3v) is 5.09. The number of imide groups is 1. The molecule has 0 aromatic heterocycles. The summed E-state index contributed by atoms with van der Waals surface area (Å²) in [6.45, 7) is 1.24. The van der Waals surface area contributed by atoms with E-state index in [2.05, 4.69) is 0 Å². The lowest BCUT2D eigenvalue weighted by Crippen LogP contribution is -2.33. The fourth-order valence-electron chi connectivity index (χ4n) is 2.79. The van der Waals surface area contributed by atoms with E-state index in [4.69, 9.17) is 14.6 Å². The SMILES string of the molecule is CCOc1cc(C=C2SC(=O)N(CC(=O)c3ccccc3)C2=O)ccc1OCC(=O)O. The molecule has 0 atom stereocenters. The highest BCUT2D eigenvalue weighted by Gasteiger charge is 2.36. The first kappa shape index (κ1) is 22.1. The molecule has 31 heavy (non-hydrogen) atoms. The van der Waals surface area contributed by atoms with Gasteiger partial charge in [-0.3, -0.25) is 19.3 Å². The minimum Gasteiger partial charge on any atom is -0.490 e. The van der Waals surface area contributed by atoms with Crippen LogP contribution in [0.1, 0.15) is 22.8 Å². The van der Waals surface area contributed by atoms with Gasteiger partial charge in [0.05, 0.1) is 18.1 Å². The lowest BCUT2D eigenvalue weighted by Gasteiger charge is -2.12. The summed E-state index contributed by atoms with van der Waals surface area (Å²) in [5, 5.41) is 8.26. The number of nitrogens with zero attached hydrogens (tertiary/aromatic N) is 1. The number of carbonyl (C=O) groups excluding carboxylic acids is 3. The Kier molecular flexibility index (Phi) is 7.09. The van der Waals surface area contributed by atoms with Crippen molar-refractivity contribution in [3.05, 3.63) is 64.6 Å². The van der Waals surface area contributed by atoms with Gasteiger partial charge in [0.15, 0.2) is 23.9 Å². The van der Waals surface area contributed by atoms with Crippen molar-refractivity contribution in [1.29, 1.82) is 0 Å². The van der Waals surface area contributed by atoms with Crippen molar-refractivity contribution in [1.82, 2.24) is 4.90 Å². The van der Waals surface area contributed by atoms with E-state index in [9.17, 15) is 19.2 Å². The predicted octanol–water partition coefficient (Wildman–Crippen LogP) is 3.47. The number of ether oxygens (including phenoxy) is 2. The number of amides is 2. The van der Waals surface area contributed by atoms with Gasteiger partial charge in [-0.05, 0) is 42.5 Å². The molecule has 0 aliphatic carbocycles. The van der Waals surface area contributed by atoms with Crippen LogP contribution in [0.25, 0.3) is 6.08 Å². The first-order chi connectivity index (χ1) is 14.9. The third kappa shape index (κ3) is 5.52. The monoisotopic (exact) mass is 441 g/mol. The second kappa shape index (κ2) is 9.94. The lowest BCUT2D eigenvalue weighted by molar-refractivity contribution is -0.139. The quantitative estimate of drug-likeness (QED) is 0.465. The summed E-state index contributed by atoms with van der Waals surface area (Å²) in [6, 6.07) is 13.2. The highest BCUT2D eigenvalue weighted by Crippen LogP contribution is 2.34. The van der Waals surface area contributed by atoms with Crippen molar-refractivity contribution in [2.24, 2.45) is 0 Å². The molecular weight excluding hydrogens is 422 g/mol. The zero-order chi connectivity index (χ0) is 22.4. The van der Waals surface area contributed by atoms with Crippen molar-refractivity contribution in [3.63, 3.8) is 0 Å². The molecule has 1 N–H and O–H groups in total. The van der Waals surface area contributed by atoms with Crippen molar-refractivity contribution in [3.8, 4) is 11.5 Å². The van der Waals surface area contributed by atoms with Gasteiger partial charge >= 0.3 is 5.97 Å². The molecule has 0 saturated carbocycles. The van der Waals surface area contributed by atoms with Crippen LogP contribution < -0.4 is 9.47 Å². The minimum absolute atomic E-state index is 0.174. The Hall–Kier alpha value is -3.59. The van der Waals surface area contributed by atoms with E-state index in [0.717, 1.165) is 16.7 Å². The van der Waals surface area contributed by atoms with Crippen LogP contribution >= 0.6 is 11.8 Å². The van der Waals surface area contributed by atoms with Gasteiger partial charge in [-0.25, -0.2) is 4.79 Å². The summed E-state index contributed by atoms with van der Waals surface area (Å²) in [6.07, 6.45) is 1.52. The molecule has 2 amide bonds. The Morgan fingerprint density at radius 1 is 1.06 bits per heavy atom. The van der Waals surface area contributed by atoms with Crippen LogP contribution in [0.5, 0.6) is 11.5 Å². The van der Waals surface area contributed by atoms with E-state index in [1.165, 1.54) is 12.1 Å². The molecule has 160 valence electrons. The normalized spacial score (nSPS) is 14.7. The fourth-order valence-corrected chi connectivity index (χ4v) is 3.63. The average Bonchev–Trinajstić information content (AvgIpc) is 3.01. The topological polar surface area (TPSA) is 110 Å². The molecule has 9 heteroatoms. The molecular formula is C22H19NO7S. The van der Waals surface area contributed by atoms with E-state index in [1.807, 2.05) is 0 Å². The molecule has 2 aromatic rings. The Balaban J connectivity index is 1.78. The number of rotatable bonds is 9. The Labute approximate surface area is 182 Å². The van der Waals surface area contributed by atoms with Gasteiger partial charge in [-0.1, -0.05) is 36.4 Å². The number of carbonyl (C=O) groups is 4. The first-order valence-corrected chi connectivity index (χ1v) is 10.2. The number of carboxylic acids is 1. The standard InChI is InChI=1S/C22H19NO7S/c1-2-29-18-10-14(8-9-17(18)30-13-20(25)26)11-19-21(27)23(22(28)31-19)12-16(24)15-6-4-3-5-7-15/h3-11H,2,12-13H2,1H3,(H,25,26). The predicted molar refractivity (Wildman–Crippen MR) is 114 cm³/mol. The molecule has 2 aromatic carbocycles. The van der Waals surface area contributed by atoms with E-state index in [0.29, 0.717) is 23.5 Å². The Bertz CT molecular complexity index is 1050. The molecule has 1 fully saturated rings. The van der Waals surface area contributed by atoms with Crippen LogP contribution in [0.3, 0.4) is 0 Å². The van der Waals surface area contributed by atoms with Crippen LogP contribution in [0.2, 0.25) is 0 Å². The highest BCUT2D eigenvalue weighted by molar-refractivity contribution is 8.18. The van der Waals surface area contributed by atoms with Crippen molar-refractivity contribution in [2.45, 2.75) is 6.92 Å². The summed E-state index contributed by atoms with van der Waals surface area (Å²) in [5.74, 6) is -1.43. The van der Waals surface area contributed by atoms with Gasteiger partial charge in [-0.2, -0.15) is 0 Å². The number of thioether (sulfide) groups is 1. The number of benzene rings is 2. The summed E-state index contributed by atoms with van der Waals surface area (Å²) in [7, 11) is 0. The number of hydrogen-bond acceptors (Lipinski definition) is 7. The van der Waals surface area contributed by atoms with Crippen molar-refractivity contribution >= 4 is 40.7 Å². The maximum absolute atomic E-state index is 12.7. The third-order valence-electron chi connectivity index (χ3n) is 4.19. The molecule has 0 radical (unpaired) electrons. The number of hydrogen-bond donors (Lipinski definition) is 1. The average molecular weight is 441 g/mol. The number of ketones is 1. The number of Topliss-reactive ketones (excluding diaryl/α,β-unsaturated/α-hetero) is 1. The summed E-state index contributed by atoms with van der Waals surface area (Å²) >= 11 is 0.748. The van der Waals surface area contributed by atoms with Crippen LogP contribution in [-0.2, 0) is 9.59 Å². The van der Waals surface area contributed by atoms with Gasteiger partial charge in [0.25, 0.3) is 11.1 Å². The molecule has 0 unspecified atom stereocenters. The van der Waals surface area contributed by atoms with Gasteiger partial charge in [-0.15, -0.1) is 0 Å². The molecule has 1 heterocycles. The van der Waals surface area contributed by atoms with E-state index in [1.54, 1.807) is 49.4 Å². The van der Waals surface area contributed by atoms with Crippen LogP contribution in [0.4, 0.5) is 4.79 Å². The summed E-state index contributed by atoms with van der Waals surface area (Å²) in [4.78, 5) is 49.2. The molecule has 1 aliphatic heterocycles. The van der Waals surface area contributed by atoms with Crippen molar-refractivity contribution < 1.29 is 33.8 Å². The molecule has 0 spiro atoms. The van der Waals surface area contributed by atoms with Crippen molar-refractivity contribution in [2.75, 3.05) is 19.8 Å². The molecule has 3 rings (SSSR count). The zero-order valence-corrected chi connectivity index (χ0v) is 17.4. The molecule has 8 nitrogen and oxygen atoms in total. The molecule has 0 bridgehead atoms. The number of aliphatic carboxylic acids is 1. The zero-order valence-electron chi connectivity index (χ0n) is 16.6. The van der Waals surface area contributed by atoms with Crippen LogP contribution in [0.15, 0.2) is 53.4 Å². The van der Waals surface area contributed by atoms with Gasteiger partial charge in [0.1, 0.15) is 0 Å². The first-order valence-electron chi connectivity index (χ1n) is 9.34. The fraction of sp³-hybridized carbons (Fsp3) is 0.182. The summed E-state index contributed by atoms with van der Waals surface area (Å²) < 4.78 is 10.7. The maximum atomic E-state index is 12.7. The Morgan fingerprint density at radius 3 is 2.48 bits per heavy atom. The smallest absolute Gasteiger partial charge is 0.341 e. The second-order valence-electron chi connectivity index (χ2n) is 6.38. The lowest BCUT2D eigenvalue weighted by atomic mass is 10.1. The summed E-state index contributed by atoms with van der Waals surface area (Å²) in [5.41, 5.74) is 0.981. The molecule has 1 aliphatic rings. The van der Waals surface area contributed by atoms with Gasteiger partial charge in [0.2, 0.25) is 0 Å². The Morgan fingerprint density at radius 2 is 1.81 bits per heavy atom. The minimum atomic E-state index is -1.12.